The molecule has 1 heterocycles. The lowest BCUT2D eigenvalue weighted by molar-refractivity contribution is -0.144. The molecular weight excluding hydrogens is 446 g/mol. The number of aromatic nitrogens is 1. The van der Waals surface area contributed by atoms with E-state index in [1.54, 1.807) is 0 Å². The van der Waals surface area contributed by atoms with Crippen LogP contribution in [0, 0.1) is 12.8 Å². The third-order valence-electron chi connectivity index (χ3n) is 7.55. The zero-order valence-electron chi connectivity index (χ0n) is 22.0. The monoisotopic (exact) mass is 487 g/mol. The number of nitrogens with one attached hydrogen (secondary N) is 1. The van der Waals surface area contributed by atoms with Gasteiger partial charge in [-0.1, -0.05) is 80.6 Å². The predicted molar refractivity (Wildman–Crippen MR) is 147 cm³/mol. The molecule has 1 aliphatic rings. The number of carbonyl (C=O) groups excluding carboxylic acids is 2. The fourth-order valence-corrected chi connectivity index (χ4v) is 5.29. The number of hydrogen-bond donors (Lipinski definition) is 1. The largest absolute Gasteiger partial charge is 0.361 e. The van der Waals surface area contributed by atoms with Gasteiger partial charge in [-0.3, -0.25) is 9.59 Å². The number of carbonyl (C=O) groups is 2. The van der Waals surface area contributed by atoms with Crippen molar-refractivity contribution >= 4 is 22.7 Å². The standard InChI is InChI=1S/C31H41N3O2/c1-3-4-19-34(31(36)26-10-6-5-7-11-26)23-30(35)33(22-25-16-14-24(2)15-17-25)20-18-27-21-32-29-13-9-8-12-28(27)29/h8-9,12-17,21,26,32H,3-7,10-11,18-20,22-23H2,1-2H3. The SMILES string of the molecule is CCCCN(CC(=O)N(CCc1c[nH]c2ccccc12)Cc1ccc(C)cc1)C(=O)C1CCCCC1. The maximum Gasteiger partial charge on any atom is 0.242 e. The van der Waals surface area contributed by atoms with Gasteiger partial charge in [-0.05, 0) is 49.8 Å². The first-order valence-corrected chi connectivity index (χ1v) is 13.7. The topological polar surface area (TPSA) is 56.4 Å². The van der Waals surface area contributed by atoms with Crippen LogP contribution in [0.1, 0.15) is 68.6 Å². The summed E-state index contributed by atoms with van der Waals surface area (Å²) in [5.41, 5.74) is 4.66. The molecule has 0 unspecified atom stereocenters. The van der Waals surface area contributed by atoms with Crippen molar-refractivity contribution in [1.29, 1.82) is 0 Å². The zero-order chi connectivity index (χ0) is 25.3. The molecule has 1 saturated carbocycles. The number of fused-ring (bicyclic) bond motifs is 1. The van der Waals surface area contributed by atoms with E-state index in [4.69, 9.17) is 0 Å². The highest BCUT2D eigenvalue weighted by Crippen LogP contribution is 2.26. The van der Waals surface area contributed by atoms with Crippen molar-refractivity contribution in [1.82, 2.24) is 14.8 Å². The van der Waals surface area contributed by atoms with E-state index in [1.807, 2.05) is 15.9 Å². The van der Waals surface area contributed by atoms with E-state index in [1.165, 1.54) is 22.9 Å². The van der Waals surface area contributed by atoms with Crippen molar-refractivity contribution in [2.45, 2.75) is 71.8 Å². The van der Waals surface area contributed by atoms with Crippen LogP contribution in [-0.2, 0) is 22.6 Å². The number of para-hydroxylation sites is 1. The molecule has 1 N–H and O–H groups in total. The normalized spacial score (nSPS) is 14.2. The molecule has 3 aromatic rings. The summed E-state index contributed by atoms with van der Waals surface area (Å²) in [7, 11) is 0. The summed E-state index contributed by atoms with van der Waals surface area (Å²) in [5.74, 6) is 0.305. The van der Waals surface area contributed by atoms with Crippen molar-refractivity contribution in [3.8, 4) is 0 Å². The Kier molecular flexibility index (Phi) is 9.21. The van der Waals surface area contributed by atoms with Crippen LogP contribution in [0.4, 0.5) is 0 Å². The summed E-state index contributed by atoms with van der Waals surface area (Å²) in [6, 6.07) is 16.7. The van der Waals surface area contributed by atoms with Gasteiger partial charge in [0.2, 0.25) is 11.8 Å². The quantitative estimate of drug-likeness (QED) is 0.347. The van der Waals surface area contributed by atoms with Crippen LogP contribution in [0.3, 0.4) is 0 Å². The molecule has 0 aliphatic heterocycles. The Bertz CT molecular complexity index is 1130. The highest BCUT2D eigenvalue weighted by Gasteiger charge is 2.28. The van der Waals surface area contributed by atoms with E-state index in [9.17, 15) is 9.59 Å². The van der Waals surface area contributed by atoms with Crippen molar-refractivity contribution in [3.63, 3.8) is 0 Å². The number of aromatic amines is 1. The second-order valence-electron chi connectivity index (χ2n) is 10.4. The van der Waals surface area contributed by atoms with Crippen molar-refractivity contribution in [3.05, 3.63) is 71.4 Å². The maximum atomic E-state index is 13.7. The summed E-state index contributed by atoms with van der Waals surface area (Å²) >= 11 is 0. The van der Waals surface area contributed by atoms with Crippen molar-refractivity contribution in [2.24, 2.45) is 5.92 Å². The first-order valence-electron chi connectivity index (χ1n) is 13.7. The number of benzene rings is 2. The fourth-order valence-electron chi connectivity index (χ4n) is 5.29. The Morgan fingerprint density at radius 2 is 1.69 bits per heavy atom. The lowest BCUT2D eigenvalue weighted by Gasteiger charge is -2.31. The number of amides is 2. The molecule has 1 aliphatic carbocycles. The summed E-state index contributed by atoms with van der Waals surface area (Å²) in [6.45, 7) is 6.23. The van der Waals surface area contributed by atoms with Crippen molar-refractivity contribution in [2.75, 3.05) is 19.6 Å². The third kappa shape index (κ3) is 6.77. The molecule has 36 heavy (non-hydrogen) atoms. The average molecular weight is 488 g/mol. The molecule has 0 spiro atoms. The van der Waals surface area contributed by atoms with Gasteiger partial charge >= 0.3 is 0 Å². The minimum atomic E-state index is 0.0377. The molecule has 2 amide bonds. The van der Waals surface area contributed by atoms with Crippen LogP contribution in [0.25, 0.3) is 10.9 Å². The maximum absolute atomic E-state index is 13.7. The molecule has 1 aromatic heterocycles. The van der Waals surface area contributed by atoms with Gasteiger partial charge in [-0.25, -0.2) is 0 Å². The molecule has 2 aromatic carbocycles. The minimum absolute atomic E-state index is 0.0377. The Labute approximate surface area is 215 Å². The van der Waals surface area contributed by atoms with E-state index in [2.05, 4.69) is 67.5 Å². The fraction of sp³-hybridized carbons (Fsp3) is 0.484. The average Bonchev–Trinajstić information content (AvgIpc) is 3.33. The van der Waals surface area contributed by atoms with E-state index in [-0.39, 0.29) is 24.3 Å². The van der Waals surface area contributed by atoms with Crippen LogP contribution in [0.5, 0.6) is 0 Å². The first-order chi connectivity index (χ1) is 17.5. The number of aryl methyl sites for hydroxylation is 1. The van der Waals surface area contributed by atoms with Crippen LogP contribution in [0.2, 0.25) is 0 Å². The van der Waals surface area contributed by atoms with Gasteiger partial charge < -0.3 is 14.8 Å². The first kappa shape index (κ1) is 26.0. The van der Waals surface area contributed by atoms with Crippen LogP contribution in [0.15, 0.2) is 54.7 Å². The van der Waals surface area contributed by atoms with Gasteiger partial charge in [0.25, 0.3) is 0 Å². The lowest BCUT2D eigenvalue weighted by Crippen LogP contribution is -2.46. The molecule has 4 rings (SSSR count). The Morgan fingerprint density at radius 3 is 2.44 bits per heavy atom. The summed E-state index contributed by atoms with van der Waals surface area (Å²) in [6.07, 6.45) is 10.1. The van der Waals surface area contributed by atoms with Crippen LogP contribution >= 0.6 is 0 Å². The molecule has 5 heteroatoms. The van der Waals surface area contributed by atoms with Gasteiger partial charge in [0.15, 0.2) is 0 Å². The second kappa shape index (κ2) is 12.8. The molecule has 0 saturated heterocycles. The van der Waals surface area contributed by atoms with Gasteiger partial charge in [-0.15, -0.1) is 0 Å². The summed E-state index contributed by atoms with van der Waals surface area (Å²) in [4.78, 5) is 34.3. The minimum Gasteiger partial charge on any atom is -0.361 e. The molecule has 192 valence electrons. The van der Waals surface area contributed by atoms with E-state index >= 15 is 0 Å². The number of nitrogens with zero attached hydrogens (tertiary/aromatic N) is 2. The number of rotatable bonds is 11. The number of hydrogen-bond acceptors (Lipinski definition) is 2. The van der Waals surface area contributed by atoms with Gasteiger partial charge in [-0.2, -0.15) is 0 Å². The molecule has 0 bridgehead atoms. The highest BCUT2D eigenvalue weighted by atomic mass is 16.2. The molecule has 1 fully saturated rings. The van der Waals surface area contributed by atoms with E-state index in [0.717, 1.165) is 56.0 Å². The molecule has 0 radical (unpaired) electrons. The van der Waals surface area contributed by atoms with Crippen LogP contribution in [-0.4, -0.2) is 46.2 Å². The van der Waals surface area contributed by atoms with Crippen LogP contribution < -0.4 is 0 Å². The van der Waals surface area contributed by atoms with E-state index in [0.29, 0.717) is 19.6 Å². The lowest BCUT2D eigenvalue weighted by atomic mass is 9.88. The Hall–Kier alpha value is -3.08. The van der Waals surface area contributed by atoms with Gasteiger partial charge in [0.1, 0.15) is 0 Å². The third-order valence-corrected chi connectivity index (χ3v) is 7.55. The van der Waals surface area contributed by atoms with Crippen molar-refractivity contribution < 1.29 is 9.59 Å². The number of H-pyrrole nitrogens is 1. The summed E-state index contributed by atoms with van der Waals surface area (Å²) in [5, 5.41) is 1.21. The Balaban J connectivity index is 1.50. The zero-order valence-corrected chi connectivity index (χ0v) is 22.0. The Morgan fingerprint density at radius 1 is 0.944 bits per heavy atom. The molecular formula is C31H41N3O2. The second-order valence-corrected chi connectivity index (χ2v) is 10.4. The number of unbranched alkanes of at least 4 members (excludes halogenated alkanes) is 1. The predicted octanol–water partition coefficient (Wildman–Crippen LogP) is 6.26. The van der Waals surface area contributed by atoms with Gasteiger partial charge in [0.05, 0.1) is 6.54 Å². The highest BCUT2D eigenvalue weighted by molar-refractivity contribution is 5.86. The molecule has 5 nitrogen and oxygen atoms in total. The molecule has 0 atom stereocenters. The smallest absolute Gasteiger partial charge is 0.242 e. The van der Waals surface area contributed by atoms with E-state index < -0.39 is 0 Å². The summed E-state index contributed by atoms with van der Waals surface area (Å²) < 4.78 is 0. The van der Waals surface area contributed by atoms with Gasteiger partial charge in [0, 0.05) is 42.7 Å².